The van der Waals surface area contributed by atoms with Crippen LogP contribution in [0, 0.1) is 17.8 Å². The van der Waals surface area contributed by atoms with Gasteiger partial charge in [-0.2, -0.15) is 0 Å². The van der Waals surface area contributed by atoms with Gasteiger partial charge in [0.05, 0.1) is 0 Å². The second-order valence-corrected chi connectivity index (χ2v) is 4.80. The van der Waals surface area contributed by atoms with Crippen molar-refractivity contribution in [1.29, 1.82) is 0 Å². The maximum atomic E-state index is 11.1. The van der Waals surface area contributed by atoms with Crippen molar-refractivity contribution in [2.45, 2.75) is 66.7 Å². The van der Waals surface area contributed by atoms with Gasteiger partial charge in [0.2, 0.25) is 0 Å². The maximum absolute atomic E-state index is 11.1. The third-order valence-electron chi connectivity index (χ3n) is 3.45. The van der Waals surface area contributed by atoms with E-state index in [9.17, 15) is 4.79 Å². The fourth-order valence-corrected chi connectivity index (χ4v) is 2.43. The normalized spacial score (nSPS) is 22.5. The number of rotatable bonds is 4. The predicted octanol–water partition coefficient (Wildman–Crippen LogP) is 4.45. The number of hydrogen-bond donors (Lipinski definition) is 0. The van der Waals surface area contributed by atoms with Crippen molar-refractivity contribution in [3.63, 3.8) is 0 Å². The smallest absolute Gasteiger partial charge is 0.133 e. The molecule has 0 amide bonds. The summed E-state index contributed by atoms with van der Waals surface area (Å²) in [6.45, 7) is 10.9. The van der Waals surface area contributed by atoms with Gasteiger partial charge in [0.25, 0.3) is 0 Å². The predicted molar refractivity (Wildman–Crippen MR) is 66.9 cm³/mol. The van der Waals surface area contributed by atoms with Crippen LogP contribution >= 0.6 is 0 Å². The molecule has 1 aliphatic carbocycles. The van der Waals surface area contributed by atoms with Crippen LogP contribution in [0.2, 0.25) is 0 Å². The first-order valence-corrected chi connectivity index (χ1v) is 6.65. The molecule has 0 aliphatic heterocycles. The zero-order valence-electron chi connectivity index (χ0n) is 11.2. The number of ketones is 1. The zero-order valence-corrected chi connectivity index (χ0v) is 11.2. The Morgan fingerprint density at radius 1 is 1.33 bits per heavy atom. The van der Waals surface area contributed by atoms with Crippen LogP contribution in [0.5, 0.6) is 0 Å². The van der Waals surface area contributed by atoms with Crippen LogP contribution < -0.4 is 0 Å². The van der Waals surface area contributed by atoms with Gasteiger partial charge in [-0.3, -0.25) is 4.79 Å². The van der Waals surface area contributed by atoms with E-state index in [1.807, 2.05) is 13.8 Å². The van der Waals surface area contributed by atoms with Crippen molar-refractivity contribution < 1.29 is 4.79 Å². The molecule has 90 valence electrons. The summed E-state index contributed by atoms with van der Waals surface area (Å²) in [5, 5.41) is 0. The van der Waals surface area contributed by atoms with E-state index < -0.39 is 0 Å². The molecule has 0 saturated heterocycles. The molecule has 0 aromatic carbocycles. The summed E-state index contributed by atoms with van der Waals surface area (Å²) in [5.74, 6) is 2.81. The molecule has 0 heterocycles. The van der Waals surface area contributed by atoms with E-state index in [4.69, 9.17) is 0 Å². The van der Waals surface area contributed by atoms with Crippen molar-refractivity contribution in [3.05, 3.63) is 0 Å². The van der Waals surface area contributed by atoms with Crippen LogP contribution in [0.1, 0.15) is 66.7 Å². The largest absolute Gasteiger partial charge is 0.300 e. The summed E-state index contributed by atoms with van der Waals surface area (Å²) in [7, 11) is 0. The second-order valence-electron chi connectivity index (χ2n) is 4.80. The average Bonchev–Trinajstić information content (AvgIpc) is 2.63. The summed E-state index contributed by atoms with van der Waals surface area (Å²) < 4.78 is 0. The molecule has 0 bridgehead atoms. The Labute approximate surface area is 95.6 Å². The molecule has 15 heavy (non-hydrogen) atoms. The van der Waals surface area contributed by atoms with Crippen LogP contribution in [0.3, 0.4) is 0 Å². The fraction of sp³-hybridized carbons (Fsp3) is 0.929. The number of carbonyl (C=O) groups excluding carboxylic acids is 1. The summed E-state index contributed by atoms with van der Waals surface area (Å²) in [6, 6.07) is 0. The summed E-state index contributed by atoms with van der Waals surface area (Å²) in [6.07, 6.45) is 5.41. The Morgan fingerprint density at radius 2 is 1.93 bits per heavy atom. The van der Waals surface area contributed by atoms with Gasteiger partial charge in [0.1, 0.15) is 5.78 Å². The minimum Gasteiger partial charge on any atom is -0.300 e. The molecule has 1 rings (SSSR count). The Bertz CT molecular complexity index is 172. The van der Waals surface area contributed by atoms with Gasteiger partial charge in [-0.25, -0.2) is 0 Å². The molecular formula is C14H28O. The fourth-order valence-electron chi connectivity index (χ4n) is 2.43. The summed E-state index contributed by atoms with van der Waals surface area (Å²) in [5.41, 5.74) is 0. The molecule has 0 radical (unpaired) electrons. The SMILES string of the molecule is CC.CCC(CC1CCC(=O)C1)C(C)C. The van der Waals surface area contributed by atoms with Crippen molar-refractivity contribution in [2.75, 3.05) is 0 Å². The van der Waals surface area contributed by atoms with Crippen LogP contribution in [0.4, 0.5) is 0 Å². The molecule has 2 atom stereocenters. The summed E-state index contributed by atoms with van der Waals surface area (Å²) in [4.78, 5) is 11.1. The lowest BCUT2D eigenvalue weighted by Gasteiger charge is -2.21. The molecule has 0 aromatic heterocycles. The van der Waals surface area contributed by atoms with Crippen molar-refractivity contribution in [2.24, 2.45) is 17.8 Å². The number of Topliss-reactive ketones (excluding diaryl/α,β-unsaturated/α-hetero) is 1. The van der Waals surface area contributed by atoms with Gasteiger partial charge in [-0.1, -0.05) is 41.0 Å². The van der Waals surface area contributed by atoms with E-state index in [0.717, 1.165) is 31.1 Å². The van der Waals surface area contributed by atoms with Crippen LogP contribution in [-0.4, -0.2) is 5.78 Å². The minimum absolute atomic E-state index is 0.489. The van der Waals surface area contributed by atoms with Crippen molar-refractivity contribution in [3.8, 4) is 0 Å². The topological polar surface area (TPSA) is 17.1 Å². The van der Waals surface area contributed by atoms with Crippen molar-refractivity contribution in [1.82, 2.24) is 0 Å². The molecule has 0 aromatic rings. The highest BCUT2D eigenvalue weighted by atomic mass is 16.1. The Hall–Kier alpha value is -0.330. The first-order chi connectivity index (χ1) is 7.13. The standard InChI is InChI=1S/C12H22O.C2H6/c1-4-11(9(2)3)7-10-5-6-12(13)8-10;1-2/h9-11H,4-8H2,1-3H3;1-2H3. The van der Waals surface area contributed by atoms with Crippen LogP contribution in [-0.2, 0) is 4.79 Å². The lowest BCUT2D eigenvalue weighted by atomic mass is 9.84. The third kappa shape index (κ3) is 5.34. The molecule has 1 aliphatic rings. The Morgan fingerprint density at radius 3 is 2.27 bits per heavy atom. The van der Waals surface area contributed by atoms with Gasteiger partial charge >= 0.3 is 0 Å². The summed E-state index contributed by atoms with van der Waals surface area (Å²) >= 11 is 0. The third-order valence-corrected chi connectivity index (χ3v) is 3.45. The molecular weight excluding hydrogens is 184 g/mol. The molecule has 0 spiro atoms. The van der Waals surface area contributed by atoms with E-state index in [1.54, 1.807) is 0 Å². The molecule has 1 heteroatoms. The monoisotopic (exact) mass is 212 g/mol. The van der Waals surface area contributed by atoms with E-state index in [-0.39, 0.29) is 0 Å². The van der Waals surface area contributed by atoms with Crippen LogP contribution in [0.15, 0.2) is 0 Å². The van der Waals surface area contributed by atoms with E-state index in [1.165, 1.54) is 12.8 Å². The highest BCUT2D eigenvalue weighted by molar-refractivity contribution is 5.80. The Balaban J connectivity index is 0.000000921. The number of hydrogen-bond acceptors (Lipinski definition) is 1. The van der Waals surface area contributed by atoms with Crippen molar-refractivity contribution >= 4 is 5.78 Å². The lowest BCUT2D eigenvalue weighted by Crippen LogP contribution is -2.12. The second kappa shape index (κ2) is 7.90. The highest BCUT2D eigenvalue weighted by Gasteiger charge is 2.25. The zero-order chi connectivity index (χ0) is 11.8. The van der Waals surface area contributed by atoms with Gasteiger partial charge in [-0.15, -0.1) is 0 Å². The number of carbonyl (C=O) groups is 1. The quantitative estimate of drug-likeness (QED) is 0.672. The Kier molecular flexibility index (Phi) is 7.72. The van der Waals surface area contributed by atoms with Gasteiger partial charge in [0, 0.05) is 12.8 Å². The first-order valence-electron chi connectivity index (χ1n) is 6.65. The van der Waals surface area contributed by atoms with E-state index in [0.29, 0.717) is 11.7 Å². The molecule has 1 saturated carbocycles. The molecule has 1 fully saturated rings. The van der Waals surface area contributed by atoms with Crippen LogP contribution in [0.25, 0.3) is 0 Å². The van der Waals surface area contributed by atoms with Gasteiger partial charge in [-0.05, 0) is 30.6 Å². The molecule has 2 unspecified atom stereocenters. The van der Waals surface area contributed by atoms with Gasteiger partial charge in [0.15, 0.2) is 0 Å². The maximum Gasteiger partial charge on any atom is 0.133 e. The first kappa shape index (κ1) is 14.7. The molecule has 0 N–H and O–H groups in total. The average molecular weight is 212 g/mol. The molecule has 1 nitrogen and oxygen atoms in total. The van der Waals surface area contributed by atoms with E-state index in [2.05, 4.69) is 20.8 Å². The lowest BCUT2D eigenvalue weighted by molar-refractivity contribution is -0.117. The van der Waals surface area contributed by atoms with Gasteiger partial charge < -0.3 is 0 Å². The van der Waals surface area contributed by atoms with E-state index >= 15 is 0 Å². The highest BCUT2D eigenvalue weighted by Crippen LogP contribution is 2.32. The minimum atomic E-state index is 0.489.